The number of benzene rings is 4. The van der Waals surface area contributed by atoms with Crippen LogP contribution in [0.4, 0.5) is 0 Å². The Kier molecular flexibility index (Phi) is 7.60. The average molecular weight is 528 g/mol. The van der Waals surface area contributed by atoms with Crippen LogP contribution < -0.4 is 4.74 Å². The lowest BCUT2D eigenvalue weighted by molar-refractivity contribution is 0.0785. The van der Waals surface area contributed by atoms with Gasteiger partial charge in [-0.2, -0.15) is 8.42 Å². The van der Waals surface area contributed by atoms with E-state index in [1.807, 2.05) is 103 Å². The molecule has 1 N–H and O–H groups in total. The summed E-state index contributed by atoms with van der Waals surface area (Å²) in [4.78, 5) is 0.0539. The van der Waals surface area contributed by atoms with Gasteiger partial charge in [-0.15, -0.1) is 0 Å². The van der Waals surface area contributed by atoms with Gasteiger partial charge in [0, 0.05) is 12.3 Å². The Balaban J connectivity index is 1.42. The van der Waals surface area contributed by atoms with Gasteiger partial charge in [0.05, 0.1) is 23.1 Å². The summed E-state index contributed by atoms with van der Waals surface area (Å²) < 4.78 is 38.9. The number of nitrogens with zero attached hydrogens (tertiary/aromatic N) is 1. The number of aliphatic hydroxyl groups excluding tert-OH is 1. The fraction of sp³-hybridized carbons (Fsp3) is 0.161. The van der Waals surface area contributed by atoms with Crippen molar-refractivity contribution in [3.05, 3.63) is 132 Å². The molecule has 0 radical (unpaired) electrons. The van der Waals surface area contributed by atoms with E-state index in [2.05, 4.69) is 0 Å². The van der Waals surface area contributed by atoms with Crippen molar-refractivity contribution in [1.29, 1.82) is 0 Å². The van der Waals surface area contributed by atoms with Gasteiger partial charge >= 0.3 is 0 Å². The van der Waals surface area contributed by atoms with E-state index in [0.29, 0.717) is 12.4 Å². The van der Waals surface area contributed by atoms with Gasteiger partial charge in [-0.25, -0.2) is 0 Å². The Morgan fingerprint density at radius 1 is 0.842 bits per heavy atom. The SMILES string of the molecule is Cc1ccc(S(=O)(=O)OC[C@@H](O)[C@H](c2ccccc2)n2ccc3ccc(OCc4ccccc4)cc32)cc1. The summed E-state index contributed by atoms with van der Waals surface area (Å²) in [5.74, 6) is 0.695. The van der Waals surface area contributed by atoms with E-state index in [9.17, 15) is 13.5 Å². The molecule has 0 aliphatic carbocycles. The van der Waals surface area contributed by atoms with Crippen LogP contribution >= 0.6 is 0 Å². The van der Waals surface area contributed by atoms with Crippen LogP contribution in [0.5, 0.6) is 5.75 Å². The van der Waals surface area contributed by atoms with Crippen LogP contribution in [0.1, 0.15) is 22.7 Å². The zero-order valence-electron chi connectivity index (χ0n) is 21.0. The Morgan fingerprint density at radius 3 is 2.24 bits per heavy atom. The van der Waals surface area contributed by atoms with Crippen molar-refractivity contribution in [2.75, 3.05) is 6.61 Å². The van der Waals surface area contributed by atoms with Gasteiger partial charge in [0.2, 0.25) is 0 Å². The molecule has 6 nitrogen and oxygen atoms in total. The normalized spacial score (nSPS) is 13.3. The summed E-state index contributed by atoms with van der Waals surface area (Å²) in [6, 6.07) is 33.0. The molecule has 0 bridgehead atoms. The van der Waals surface area contributed by atoms with Crippen molar-refractivity contribution in [1.82, 2.24) is 4.57 Å². The molecule has 0 saturated carbocycles. The molecule has 5 aromatic rings. The van der Waals surface area contributed by atoms with Gasteiger partial charge in [0.15, 0.2) is 0 Å². The van der Waals surface area contributed by atoms with Gasteiger partial charge in [0.25, 0.3) is 10.1 Å². The molecule has 0 saturated heterocycles. The third kappa shape index (κ3) is 5.81. The molecule has 194 valence electrons. The van der Waals surface area contributed by atoms with Gasteiger partial charge in [-0.3, -0.25) is 4.18 Å². The summed E-state index contributed by atoms with van der Waals surface area (Å²) in [5.41, 5.74) is 3.68. The highest BCUT2D eigenvalue weighted by Gasteiger charge is 2.27. The first-order valence-corrected chi connectivity index (χ1v) is 13.8. The van der Waals surface area contributed by atoms with Crippen LogP contribution in [0.2, 0.25) is 0 Å². The van der Waals surface area contributed by atoms with E-state index in [1.54, 1.807) is 12.1 Å². The summed E-state index contributed by atoms with van der Waals surface area (Å²) in [7, 11) is -4.03. The van der Waals surface area contributed by atoms with E-state index < -0.39 is 28.9 Å². The van der Waals surface area contributed by atoms with Crippen molar-refractivity contribution in [2.24, 2.45) is 0 Å². The summed E-state index contributed by atoms with van der Waals surface area (Å²) >= 11 is 0. The number of rotatable bonds is 10. The van der Waals surface area contributed by atoms with Crippen molar-refractivity contribution in [2.45, 2.75) is 30.6 Å². The van der Waals surface area contributed by atoms with Crippen LogP contribution in [-0.2, 0) is 20.9 Å². The maximum Gasteiger partial charge on any atom is 0.297 e. The second-order valence-corrected chi connectivity index (χ2v) is 10.8. The summed E-state index contributed by atoms with van der Waals surface area (Å²) in [6.45, 7) is 1.91. The Labute approximate surface area is 222 Å². The molecule has 7 heteroatoms. The standard InChI is InChI=1S/C31H29NO5S/c1-23-12-16-28(17-13-23)38(34,35)37-22-30(33)31(26-10-6-3-7-11-26)32-19-18-25-14-15-27(20-29(25)32)36-21-24-8-4-2-5-9-24/h2-20,30-31,33H,21-22H2,1H3/t30-,31+/m1/s1. The first kappa shape index (κ1) is 25.7. The van der Waals surface area contributed by atoms with Crippen LogP contribution in [-0.4, -0.2) is 30.8 Å². The van der Waals surface area contributed by atoms with Gasteiger partial charge in [-0.05, 0) is 53.8 Å². The number of aliphatic hydroxyl groups is 1. The fourth-order valence-electron chi connectivity index (χ4n) is 4.44. The van der Waals surface area contributed by atoms with Crippen molar-refractivity contribution >= 4 is 21.0 Å². The van der Waals surface area contributed by atoms with Gasteiger partial charge in [0.1, 0.15) is 18.5 Å². The zero-order valence-corrected chi connectivity index (χ0v) is 21.8. The van der Waals surface area contributed by atoms with Crippen LogP contribution in [0.3, 0.4) is 0 Å². The topological polar surface area (TPSA) is 77.8 Å². The molecule has 0 unspecified atom stereocenters. The van der Waals surface area contributed by atoms with Crippen LogP contribution in [0.25, 0.3) is 10.9 Å². The van der Waals surface area contributed by atoms with E-state index in [0.717, 1.165) is 27.6 Å². The number of aryl methyl sites for hydroxylation is 1. The van der Waals surface area contributed by atoms with Crippen LogP contribution in [0, 0.1) is 6.92 Å². The van der Waals surface area contributed by atoms with Crippen molar-refractivity contribution < 1.29 is 22.4 Å². The predicted molar refractivity (Wildman–Crippen MR) is 148 cm³/mol. The largest absolute Gasteiger partial charge is 0.489 e. The first-order chi connectivity index (χ1) is 18.4. The molecule has 0 aliphatic heterocycles. The van der Waals surface area contributed by atoms with Crippen molar-refractivity contribution in [3.63, 3.8) is 0 Å². The van der Waals surface area contributed by atoms with Crippen LogP contribution in [0.15, 0.2) is 120 Å². The molecule has 0 spiro atoms. The molecule has 5 rings (SSSR count). The molecule has 0 fully saturated rings. The quantitative estimate of drug-likeness (QED) is 0.229. The number of ether oxygens (including phenoxy) is 1. The molecule has 0 amide bonds. The van der Waals surface area contributed by atoms with Gasteiger partial charge < -0.3 is 14.4 Å². The lowest BCUT2D eigenvalue weighted by Gasteiger charge is -2.26. The zero-order chi connectivity index (χ0) is 26.5. The smallest absolute Gasteiger partial charge is 0.297 e. The molecular formula is C31H29NO5S. The molecule has 2 atom stereocenters. The Bertz CT molecular complexity index is 1600. The van der Waals surface area contributed by atoms with E-state index >= 15 is 0 Å². The van der Waals surface area contributed by atoms with Gasteiger partial charge in [-0.1, -0.05) is 78.4 Å². The average Bonchev–Trinajstić information content (AvgIpc) is 3.35. The highest BCUT2D eigenvalue weighted by molar-refractivity contribution is 7.86. The molecule has 1 aromatic heterocycles. The highest BCUT2D eigenvalue weighted by Crippen LogP contribution is 2.31. The highest BCUT2D eigenvalue weighted by atomic mass is 32.2. The number of fused-ring (bicyclic) bond motifs is 1. The molecule has 4 aromatic carbocycles. The van der Waals surface area contributed by atoms with Crippen molar-refractivity contribution in [3.8, 4) is 5.75 Å². The van der Waals surface area contributed by atoms with E-state index in [1.165, 1.54) is 12.1 Å². The third-order valence-electron chi connectivity index (χ3n) is 6.45. The number of aromatic nitrogens is 1. The van der Waals surface area contributed by atoms with E-state index in [4.69, 9.17) is 8.92 Å². The summed E-state index contributed by atoms with van der Waals surface area (Å²) in [6.07, 6.45) is 0.739. The molecular weight excluding hydrogens is 498 g/mol. The monoisotopic (exact) mass is 527 g/mol. The minimum absolute atomic E-state index is 0.0539. The first-order valence-electron chi connectivity index (χ1n) is 12.4. The number of hydrogen-bond donors (Lipinski definition) is 1. The Morgan fingerprint density at radius 2 is 1.53 bits per heavy atom. The number of hydrogen-bond acceptors (Lipinski definition) is 5. The minimum atomic E-state index is -4.03. The molecule has 38 heavy (non-hydrogen) atoms. The fourth-order valence-corrected chi connectivity index (χ4v) is 5.37. The second kappa shape index (κ2) is 11.2. The molecule has 1 heterocycles. The van der Waals surface area contributed by atoms with E-state index in [-0.39, 0.29) is 4.90 Å². The summed E-state index contributed by atoms with van der Waals surface area (Å²) in [5, 5.41) is 12.3. The maximum absolute atomic E-state index is 12.8. The maximum atomic E-state index is 12.8. The Hall–Kier alpha value is -3.91. The molecule has 0 aliphatic rings. The lowest BCUT2D eigenvalue weighted by Crippen LogP contribution is -2.30. The third-order valence-corrected chi connectivity index (χ3v) is 7.75. The minimum Gasteiger partial charge on any atom is -0.489 e. The second-order valence-electron chi connectivity index (χ2n) is 9.19. The lowest BCUT2D eigenvalue weighted by atomic mass is 10.0. The predicted octanol–water partition coefficient (Wildman–Crippen LogP) is 5.88.